The quantitative estimate of drug-likeness (QED) is 0.625. The van der Waals surface area contributed by atoms with Crippen molar-refractivity contribution in [3.63, 3.8) is 0 Å². The van der Waals surface area contributed by atoms with E-state index in [4.69, 9.17) is 10.8 Å². The minimum atomic E-state index is 0.00329. The van der Waals surface area contributed by atoms with Gasteiger partial charge in [-0.05, 0) is 19.4 Å². The molecule has 0 bridgehead atoms. The molecule has 0 amide bonds. The van der Waals surface area contributed by atoms with Gasteiger partial charge in [-0.15, -0.1) is 0 Å². The first-order chi connectivity index (χ1) is 5.16. The van der Waals surface area contributed by atoms with Gasteiger partial charge in [0.15, 0.2) is 0 Å². The lowest BCUT2D eigenvalue weighted by atomic mass is 10.1. The maximum absolute atomic E-state index is 8.84. The molecule has 0 fully saturated rings. The lowest BCUT2D eigenvalue weighted by Gasteiger charge is -2.06. The molecule has 1 heterocycles. The molecule has 0 aliphatic carbocycles. The van der Waals surface area contributed by atoms with Crippen LogP contribution in [-0.2, 0) is 6.61 Å². The number of aliphatic hydroxyl groups is 1. The minimum Gasteiger partial charge on any atom is -0.397 e. The molecule has 0 saturated carbocycles. The fraction of sp³-hybridized carbons (Fsp3) is 0.375. The standard InChI is InChI=1S/C8H12N2O/c1-5-7(4-11)3-10-6(2)8(5)9/h3,11H,4,9H2,1-2H3. The molecule has 3 nitrogen and oxygen atoms in total. The summed E-state index contributed by atoms with van der Waals surface area (Å²) in [5.41, 5.74) is 8.91. The SMILES string of the molecule is Cc1ncc(CO)c(C)c1N. The van der Waals surface area contributed by atoms with E-state index in [1.54, 1.807) is 6.20 Å². The van der Waals surface area contributed by atoms with Gasteiger partial charge in [0, 0.05) is 11.8 Å². The number of rotatable bonds is 1. The summed E-state index contributed by atoms with van der Waals surface area (Å²) in [7, 11) is 0. The van der Waals surface area contributed by atoms with E-state index in [0.29, 0.717) is 5.69 Å². The fourth-order valence-corrected chi connectivity index (χ4v) is 0.945. The number of nitrogens with zero attached hydrogens (tertiary/aromatic N) is 1. The predicted octanol–water partition coefficient (Wildman–Crippen LogP) is 0.773. The Labute approximate surface area is 65.9 Å². The summed E-state index contributed by atoms with van der Waals surface area (Å²) < 4.78 is 0. The van der Waals surface area contributed by atoms with Crippen LogP contribution in [0.3, 0.4) is 0 Å². The van der Waals surface area contributed by atoms with E-state index in [2.05, 4.69) is 4.98 Å². The van der Waals surface area contributed by atoms with Gasteiger partial charge >= 0.3 is 0 Å². The summed E-state index contributed by atoms with van der Waals surface area (Å²) in [5, 5.41) is 8.84. The van der Waals surface area contributed by atoms with Crippen molar-refractivity contribution >= 4 is 5.69 Å². The van der Waals surface area contributed by atoms with Crippen molar-refractivity contribution in [3.8, 4) is 0 Å². The average molecular weight is 152 g/mol. The number of hydrogen-bond acceptors (Lipinski definition) is 3. The zero-order valence-corrected chi connectivity index (χ0v) is 6.76. The molecule has 0 aliphatic rings. The molecule has 0 aliphatic heterocycles. The number of pyridine rings is 1. The number of nitrogens with two attached hydrogens (primary N) is 1. The van der Waals surface area contributed by atoms with E-state index in [0.717, 1.165) is 16.8 Å². The van der Waals surface area contributed by atoms with Crippen LogP contribution in [0.25, 0.3) is 0 Å². The Bertz CT molecular complexity index is 271. The van der Waals surface area contributed by atoms with Crippen LogP contribution in [0.2, 0.25) is 0 Å². The molecule has 11 heavy (non-hydrogen) atoms. The lowest BCUT2D eigenvalue weighted by molar-refractivity contribution is 0.280. The Morgan fingerprint density at radius 2 is 2.18 bits per heavy atom. The van der Waals surface area contributed by atoms with Gasteiger partial charge in [-0.2, -0.15) is 0 Å². The molecule has 0 spiro atoms. The van der Waals surface area contributed by atoms with Gasteiger partial charge in [-0.25, -0.2) is 0 Å². The van der Waals surface area contributed by atoms with Crippen molar-refractivity contribution in [1.82, 2.24) is 4.98 Å². The highest BCUT2D eigenvalue weighted by atomic mass is 16.3. The number of nitrogen functional groups attached to an aromatic ring is 1. The highest BCUT2D eigenvalue weighted by molar-refractivity contribution is 5.52. The van der Waals surface area contributed by atoms with Crippen molar-refractivity contribution in [1.29, 1.82) is 0 Å². The third-order valence-electron chi connectivity index (χ3n) is 1.86. The van der Waals surface area contributed by atoms with Crippen molar-refractivity contribution in [2.45, 2.75) is 20.5 Å². The molecule has 0 atom stereocenters. The van der Waals surface area contributed by atoms with Crippen LogP contribution in [0.4, 0.5) is 5.69 Å². The topological polar surface area (TPSA) is 59.1 Å². The second-order valence-electron chi connectivity index (χ2n) is 2.57. The van der Waals surface area contributed by atoms with Crippen LogP contribution in [-0.4, -0.2) is 10.1 Å². The van der Waals surface area contributed by atoms with Crippen LogP contribution < -0.4 is 5.73 Å². The summed E-state index contributed by atoms with van der Waals surface area (Å²) in [6.45, 7) is 3.74. The first kappa shape index (κ1) is 8.01. The molecule has 0 unspecified atom stereocenters. The lowest BCUT2D eigenvalue weighted by Crippen LogP contribution is -2.00. The maximum atomic E-state index is 8.84. The van der Waals surface area contributed by atoms with Gasteiger partial charge < -0.3 is 10.8 Å². The van der Waals surface area contributed by atoms with Crippen LogP contribution in [0.5, 0.6) is 0 Å². The summed E-state index contributed by atoms with van der Waals surface area (Å²) in [6.07, 6.45) is 1.65. The highest BCUT2D eigenvalue weighted by Gasteiger charge is 2.03. The third-order valence-corrected chi connectivity index (χ3v) is 1.86. The van der Waals surface area contributed by atoms with E-state index in [9.17, 15) is 0 Å². The highest BCUT2D eigenvalue weighted by Crippen LogP contribution is 2.17. The van der Waals surface area contributed by atoms with E-state index < -0.39 is 0 Å². The van der Waals surface area contributed by atoms with Crippen LogP contribution >= 0.6 is 0 Å². The van der Waals surface area contributed by atoms with Gasteiger partial charge in [0.05, 0.1) is 18.0 Å². The maximum Gasteiger partial charge on any atom is 0.0700 e. The first-order valence-electron chi connectivity index (χ1n) is 3.48. The molecular weight excluding hydrogens is 140 g/mol. The Balaban J connectivity index is 3.25. The van der Waals surface area contributed by atoms with Gasteiger partial charge in [0.2, 0.25) is 0 Å². The molecule has 60 valence electrons. The third kappa shape index (κ3) is 1.33. The zero-order chi connectivity index (χ0) is 8.43. The molecule has 3 heteroatoms. The molecule has 1 rings (SSSR count). The van der Waals surface area contributed by atoms with Crippen LogP contribution in [0.1, 0.15) is 16.8 Å². The van der Waals surface area contributed by atoms with Crippen molar-refractivity contribution in [2.24, 2.45) is 0 Å². The summed E-state index contributed by atoms with van der Waals surface area (Å²) >= 11 is 0. The van der Waals surface area contributed by atoms with Crippen molar-refractivity contribution < 1.29 is 5.11 Å². The summed E-state index contributed by atoms with van der Waals surface area (Å²) in [6, 6.07) is 0. The number of anilines is 1. The second-order valence-corrected chi connectivity index (χ2v) is 2.57. The normalized spacial score (nSPS) is 10.1. The van der Waals surface area contributed by atoms with Crippen LogP contribution in [0.15, 0.2) is 6.20 Å². The Hall–Kier alpha value is -1.09. The molecule has 1 aromatic heterocycles. The Kier molecular flexibility index (Phi) is 2.10. The molecule has 1 aromatic rings. The summed E-state index contributed by atoms with van der Waals surface area (Å²) in [4.78, 5) is 4.03. The van der Waals surface area contributed by atoms with E-state index >= 15 is 0 Å². The smallest absolute Gasteiger partial charge is 0.0700 e. The monoisotopic (exact) mass is 152 g/mol. The molecule has 0 radical (unpaired) electrons. The van der Waals surface area contributed by atoms with Gasteiger partial charge in [-0.3, -0.25) is 4.98 Å². The van der Waals surface area contributed by atoms with Crippen molar-refractivity contribution in [3.05, 3.63) is 23.0 Å². The number of aliphatic hydroxyl groups excluding tert-OH is 1. The molecule has 3 N–H and O–H groups in total. The van der Waals surface area contributed by atoms with Gasteiger partial charge in [-0.1, -0.05) is 0 Å². The van der Waals surface area contributed by atoms with Crippen LogP contribution in [0, 0.1) is 13.8 Å². The fourth-order valence-electron chi connectivity index (χ4n) is 0.945. The summed E-state index contributed by atoms with van der Waals surface area (Å²) in [5.74, 6) is 0. The molecular formula is C8H12N2O. The number of aryl methyl sites for hydroxylation is 1. The Morgan fingerprint density at radius 1 is 1.55 bits per heavy atom. The first-order valence-corrected chi connectivity index (χ1v) is 3.48. The second kappa shape index (κ2) is 2.88. The molecule has 0 aromatic carbocycles. The van der Waals surface area contributed by atoms with E-state index in [1.165, 1.54) is 0 Å². The number of aromatic nitrogens is 1. The minimum absolute atomic E-state index is 0.00329. The molecule has 0 saturated heterocycles. The number of hydrogen-bond donors (Lipinski definition) is 2. The van der Waals surface area contributed by atoms with E-state index in [-0.39, 0.29) is 6.61 Å². The van der Waals surface area contributed by atoms with Crippen molar-refractivity contribution in [2.75, 3.05) is 5.73 Å². The van der Waals surface area contributed by atoms with E-state index in [1.807, 2.05) is 13.8 Å². The average Bonchev–Trinajstić information content (AvgIpc) is 2.01. The van der Waals surface area contributed by atoms with Gasteiger partial charge in [0.25, 0.3) is 0 Å². The van der Waals surface area contributed by atoms with Gasteiger partial charge in [0.1, 0.15) is 0 Å². The largest absolute Gasteiger partial charge is 0.397 e. The predicted molar refractivity (Wildman–Crippen MR) is 44.0 cm³/mol. The Morgan fingerprint density at radius 3 is 2.73 bits per heavy atom. The zero-order valence-electron chi connectivity index (χ0n) is 6.76.